The van der Waals surface area contributed by atoms with Crippen molar-refractivity contribution in [1.29, 1.82) is 0 Å². The van der Waals surface area contributed by atoms with Gasteiger partial charge in [-0.2, -0.15) is 0 Å². The molecule has 0 aliphatic heterocycles. The van der Waals surface area contributed by atoms with Gasteiger partial charge in [-0.1, -0.05) is 36.8 Å². The zero-order valence-electron chi connectivity index (χ0n) is 9.13. The number of carboxylic acid groups (broad SMARTS) is 1. The van der Waals surface area contributed by atoms with Crippen molar-refractivity contribution in [3.05, 3.63) is 35.9 Å². The Labute approximate surface area is 95.0 Å². The molecule has 1 aromatic carbocycles. The van der Waals surface area contributed by atoms with Crippen LogP contribution in [0, 0.1) is 0 Å². The second-order valence-corrected chi connectivity index (χ2v) is 4.22. The maximum Gasteiger partial charge on any atom is 0.506 e. The van der Waals surface area contributed by atoms with Crippen LogP contribution in [0.1, 0.15) is 37.2 Å². The lowest BCUT2D eigenvalue weighted by atomic mass is 9.81. The number of hydrogen-bond acceptors (Lipinski definition) is 2. The van der Waals surface area contributed by atoms with Gasteiger partial charge in [0.2, 0.25) is 0 Å². The molecule has 0 heterocycles. The number of carbonyl (C=O) groups is 1. The maximum absolute atomic E-state index is 10.6. The molecule has 1 N–H and O–H groups in total. The minimum Gasteiger partial charge on any atom is -0.450 e. The normalized spacial score (nSPS) is 25.0. The number of rotatable bonds is 2. The van der Waals surface area contributed by atoms with Crippen molar-refractivity contribution < 1.29 is 14.6 Å². The minimum absolute atomic E-state index is 0.173. The second kappa shape index (κ2) is 5.01. The van der Waals surface area contributed by atoms with Crippen LogP contribution in [-0.2, 0) is 4.74 Å². The highest BCUT2D eigenvalue weighted by Crippen LogP contribution is 2.34. The summed E-state index contributed by atoms with van der Waals surface area (Å²) < 4.78 is 4.97. The van der Waals surface area contributed by atoms with E-state index in [-0.39, 0.29) is 12.0 Å². The number of ether oxygens (including phenoxy) is 1. The molecule has 1 aliphatic rings. The molecule has 0 amide bonds. The third-order valence-electron chi connectivity index (χ3n) is 3.18. The predicted molar refractivity (Wildman–Crippen MR) is 60.5 cm³/mol. The molecule has 0 aromatic heterocycles. The van der Waals surface area contributed by atoms with Gasteiger partial charge in [-0.05, 0) is 24.8 Å². The highest BCUT2D eigenvalue weighted by atomic mass is 16.7. The molecule has 3 heteroatoms. The fraction of sp³-hybridized carbons (Fsp3) is 0.462. The summed E-state index contributed by atoms with van der Waals surface area (Å²) in [7, 11) is 0. The SMILES string of the molecule is O=C(O)OC1CCCCC1c1ccccc1. The van der Waals surface area contributed by atoms with Crippen LogP contribution in [0.3, 0.4) is 0 Å². The van der Waals surface area contributed by atoms with Crippen molar-refractivity contribution >= 4 is 6.16 Å². The van der Waals surface area contributed by atoms with Crippen molar-refractivity contribution in [3.63, 3.8) is 0 Å². The van der Waals surface area contributed by atoms with Gasteiger partial charge in [0.1, 0.15) is 6.10 Å². The molecule has 2 atom stereocenters. The van der Waals surface area contributed by atoms with Crippen molar-refractivity contribution in [2.75, 3.05) is 0 Å². The average Bonchev–Trinajstić information content (AvgIpc) is 2.30. The Kier molecular flexibility index (Phi) is 3.44. The molecule has 1 aromatic rings. The Morgan fingerprint density at radius 1 is 1.19 bits per heavy atom. The van der Waals surface area contributed by atoms with Crippen LogP contribution < -0.4 is 0 Å². The molecule has 1 fully saturated rings. The predicted octanol–water partition coefficient (Wildman–Crippen LogP) is 3.41. The molecular weight excluding hydrogens is 204 g/mol. The Morgan fingerprint density at radius 3 is 2.56 bits per heavy atom. The van der Waals surface area contributed by atoms with Crippen molar-refractivity contribution in [3.8, 4) is 0 Å². The molecule has 1 saturated carbocycles. The van der Waals surface area contributed by atoms with Crippen LogP contribution >= 0.6 is 0 Å². The summed E-state index contributed by atoms with van der Waals surface area (Å²) in [4.78, 5) is 10.6. The zero-order chi connectivity index (χ0) is 11.4. The Bertz CT molecular complexity index is 347. The van der Waals surface area contributed by atoms with Gasteiger partial charge in [0.25, 0.3) is 0 Å². The summed E-state index contributed by atoms with van der Waals surface area (Å²) in [5.41, 5.74) is 1.19. The van der Waals surface area contributed by atoms with Gasteiger partial charge in [0.15, 0.2) is 0 Å². The molecule has 0 bridgehead atoms. The molecule has 86 valence electrons. The summed E-state index contributed by atoms with van der Waals surface area (Å²) in [6.45, 7) is 0. The Hall–Kier alpha value is -1.51. The van der Waals surface area contributed by atoms with Gasteiger partial charge in [-0.3, -0.25) is 0 Å². The van der Waals surface area contributed by atoms with E-state index in [9.17, 15) is 4.79 Å². The minimum atomic E-state index is -1.16. The van der Waals surface area contributed by atoms with Crippen LogP contribution in [0.5, 0.6) is 0 Å². The number of hydrogen-bond donors (Lipinski definition) is 1. The molecular formula is C13H16O3. The maximum atomic E-state index is 10.6. The Morgan fingerprint density at radius 2 is 1.88 bits per heavy atom. The smallest absolute Gasteiger partial charge is 0.450 e. The highest BCUT2D eigenvalue weighted by molar-refractivity contribution is 5.57. The molecule has 2 rings (SSSR count). The molecule has 16 heavy (non-hydrogen) atoms. The van der Waals surface area contributed by atoms with Crippen LogP contribution in [0.4, 0.5) is 4.79 Å². The second-order valence-electron chi connectivity index (χ2n) is 4.22. The van der Waals surface area contributed by atoms with Gasteiger partial charge in [0.05, 0.1) is 0 Å². The first-order valence-electron chi connectivity index (χ1n) is 5.72. The zero-order valence-corrected chi connectivity index (χ0v) is 9.13. The first-order valence-corrected chi connectivity index (χ1v) is 5.72. The molecule has 0 radical (unpaired) electrons. The third-order valence-corrected chi connectivity index (χ3v) is 3.18. The standard InChI is InChI=1S/C13H16O3/c14-13(15)16-12-9-5-4-8-11(12)10-6-2-1-3-7-10/h1-3,6-7,11-12H,4-5,8-9H2,(H,14,15). The van der Waals surface area contributed by atoms with E-state index in [0.29, 0.717) is 0 Å². The van der Waals surface area contributed by atoms with Crippen molar-refractivity contribution in [2.24, 2.45) is 0 Å². The van der Waals surface area contributed by atoms with Crippen LogP contribution in [-0.4, -0.2) is 17.4 Å². The highest BCUT2D eigenvalue weighted by Gasteiger charge is 2.29. The molecule has 0 spiro atoms. The fourth-order valence-corrected chi connectivity index (χ4v) is 2.45. The summed E-state index contributed by atoms with van der Waals surface area (Å²) in [5.74, 6) is 0.228. The van der Waals surface area contributed by atoms with Crippen LogP contribution in [0.15, 0.2) is 30.3 Å². The van der Waals surface area contributed by atoms with Gasteiger partial charge in [-0.25, -0.2) is 4.79 Å². The first-order chi connectivity index (χ1) is 7.77. The summed E-state index contributed by atoms with van der Waals surface area (Å²) in [6, 6.07) is 10.0. The van der Waals surface area contributed by atoms with Crippen molar-refractivity contribution in [1.82, 2.24) is 0 Å². The molecule has 2 unspecified atom stereocenters. The van der Waals surface area contributed by atoms with E-state index in [1.165, 1.54) is 5.56 Å². The van der Waals surface area contributed by atoms with Crippen molar-refractivity contribution in [2.45, 2.75) is 37.7 Å². The van der Waals surface area contributed by atoms with Crippen LogP contribution in [0.25, 0.3) is 0 Å². The third kappa shape index (κ3) is 2.54. The van der Waals surface area contributed by atoms with E-state index in [1.54, 1.807) is 0 Å². The fourth-order valence-electron chi connectivity index (χ4n) is 2.45. The Balaban J connectivity index is 2.13. The van der Waals surface area contributed by atoms with E-state index >= 15 is 0 Å². The quantitative estimate of drug-likeness (QED) is 0.777. The lowest BCUT2D eigenvalue weighted by Gasteiger charge is -2.30. The molecule has 3 nitrogen and oxygen atoms in total. The van der Waals surface area contributed by atoms with Gasteiger partial charge >= 0.3 is 6.16 Å². The van der Waals surface area contributed by atoms with Gasteiger partial charge in [-0.15, -0.1) is 0 Å². The van der Waals surface area contributed by atoms with Gasteiger partial charge in [0, 0.05) is 5.92 Å². The summed E-state index contributed by atoms with van der Waals surface area (Å²) >= 11 is 0. The monoisotopic (exact) mass is 220 g/mol. The average molecular weight is 220 g/mol. The van der Waals surface area contributed by atoms with E-state index in [0.717, 1.165) is 25.7 Å². The van der Waals surface area contributed by atoms with E-state index < -0.39 is 6.16 Å². The number of benzene rings is 1. The largest absolute Gasteiger partial charge is 0.506 e. The summed E-state index contributed by atoms with van der Waals surface area (Å²) in [5, 5.41) is 8.71. The topological polar surface area (TPSA) is 46.5 Å². The first kappa shape index (κ1) is 11.0. The summed E-state index contributed by atoms with van der Waals surface area (Å²) in [6.07, 6.45) is 2.73. The molecule has 1 aliphatic carbocycles. The molecule has 0 saturated heterocycles. The van der Waals surface area contributed by atoms with E-state index in [4.69, 9.17) is 9.84 Å². The van der Waals surface area contributed by atoms with E-state index in [1.807, 2.05) is 30.3 Å². The lowest BCUT2D eigenvalue weighted by Crippen LogP contribution is -2.28. The van der Waals surface area contributed by atoms with Gasteiger partial charge < -0.3 is 9.84 Å². The van der Waals surface area contributed by atoms with Crippen LogP contribution in [0.2, 0.25) is 0 Å². The lowest BCUT2D eigenvalue weighted by molar-refractivity contribution is 0.0250. The van der Waals surface area contributed by atoms with E-state index in [2.05, 4.69) is 0 Å².